The van der Waals surface area contributed by atoms with Crippen LogP contribution >= 0.6 is 0 Å². The van der Waals surface area contributed by atoms with Crippen LogP contribution in [0.3, 0.4) is 0 Å². The zero-order chi connectivity index (χ0) is 12.0. The molecule has 1 fully saturated rings. The highest BCUT2D eigenvalue weighted by molar-refractivity contribution is 5.74. The SMILES string of the molecule is CCCC1CC1NC(=O)N(CCC)CCO. The minimum atomic E-state index is -0.0143. The first kappa shape index (κ1) is 13.3. The first-order valence-electron chi connectivity index (χ1n) is 6.39. The predicted octanol–water partition coefficient (Wildman–Crippen LogP) is 1.59. The van der Waals surface area contributed by atoms with Crippen LogP contribution < -0.4 is 5.32 Å². The summed E-state index contributed by atoms with van der Waals surface area (Å²) in [6.07, 6.45) is 4.44. The van der Waals surface area contributed by atoms with Gasteiger partial charge in [-0.15, -0.1) is 0 Å². The third-order valence-electron chi connectivity index (χ3n) is 3.04. The molecule has 1 aliphatic carbocycles. The number of carbonyl (C=O) groups excluding carboxylic acids is 1. The fraction of sp³-hybridized carbons (Fsp3) is 0.917. The number of urea groups is 1. The lowest BCUT2D eigenvalue weighted by Gasteiger charge is -2.21. The number of nitrogens with zero attached hydrogens (tertiary/aromatic N) is 1. The maximum Gasteiger partial charge on any atom is 0.317 e. The molecule has 16 heavy (non-hydrogen) atoms. The first-order valence-corrected chi connectivity index (χ1v) is 6.39. The summed E-state index contributed by atoms with van der Waals surface area (Å²) >= 11 is 0. The van der Waals surface area contributed by atoms with Crippen molar-refractivity contribution in [2.75, 3.05) is 19.7 Å². The second-order valence-corrected chi connectivity index (χ2v) is 4.55. The van der Waals surface area contributed by atoms with Crippen LogP contribution in [-0.2, 0) is 0 Å². The highest BCUT2D eigenvalue weighted by Crippen LogP contribution is 2.34. The van der Waals surface area contributed by atoms with Crippen LogP contribution in [-0.4, -0.2) is 41.8 Å². The van der Waals surface area contributed by atoms with Crippen molar-refractivity contribution in [1.82, 2.24) is 10.2 Å². The van der Waals surface area contributed by atoms with Crippen molar-refractivity contribution in [3.8, 4) is 0 Å². The molecule has 94 valence electrons. The summed E-state index contributed by atoms with van der Waals surface area (Å²) in [6, 6.07) is 0.366. The Hall–Kier alpha value is -0.770. The molecule has 2 atom stereocenters. The van der Waals surface area contributed by atoms with Crippen molar-refractivity contribution < 1.29 is 9.90 Å². The molecule has 0 spiro atoms. The van der Waals surface area contributed by atoms with E-state index in [9.17, 15) is 4.79 Å². The number of aliphatic hydroxyl groups excluding tert-OH is 1. The fourth-order valence-corrected chi connectivity index (χ4v) is 2.07. The van der Waals surface area contributed by atoms with Gasteiger partial charge in [-0.2, -0.15) is 0 Å². The van der Waals surface area contributed by atoms with Crippen LogP contribution in [0.1, 0.15) is 39.5 Å². The summed E-state index contributed by atoms with van der Waals surface area (Å²) in [7, 11) is 0. The van der Waals surface area contributed by atoms with Crippen molar-refractivity contribution in [1.29, 1.82) is 0 Å². The van der Waals surface area contributed by atoms with Gasteiger partial charge in [-0.3, -0.25) is 0 Å². The molecule has 2 unspecified atom stereocenters. The predicted molar refractivity (Wildman–Crippen MR) is 64.3 cm³/mol. The first-order chi connectivity index (χ1) is 7.72. The maximum absolute atomic E-state index is 11.8. The van der Waals surface area contributed by atoms with Crippen molar-refractivity contribution in [3.63, 3.8) is 0 Å². The molecular formula is C12H24N2O2. The van der Waals surface area contributed by atoms with Gasteiger partial charge in [0, 0.05) is 19.1 Å². The lowest BCUT2D eigenvalue weighted by molar-refractivity contribution is 0.176. The van der Waals surface area contributed by atoms with Gasteiger partial charge in [-0.25, -0.2) is 4.79 Å². The molecule has 4 nitrogen and oxygen atoms in total. The molecule has 1 rings (SSSR count). The Labute approximate surface area is 98.0 Å². The van der Waals surface area contributed by atoms with E-state index in [1.165, 1.54) is 12.8 Å². The quantitative estimate of drug-likeness (QED) is 0.695. The van der Waals surface area contributed by atoms with E-state index in [-0.39, 0.29) is 12.6 Å². The molecule has 0 aliphatic heterocycles. The number of aliphatic hydroxyl groups is 1. The summed E-state index contributed by atoms with van der Waals surface area (Å²) in [5, 5.41) is 11.9. The van der Waals surface area contributed by atoms with E-state index >= 15 is 0 Å². The number of nitrogens with one attached hydrogen (secondary N) is 1. The van der Waals surface area contributed by atoms with E-state index in [2.05, 4.69) is 12.2 Å². The number of rotatable bonds is 7. The zero-order valence-electron chi connectivity index (χ0n) is 10.4. The van der Waals surface area contributed by atoms with Crippen molar-refractivity contribution >= 4 is 6.03 Å². The molecule has 2 amide bonds. The average molecular weight is 228 g/mol. The van der Waals surface area contributed by atoms with Crippen LogP contribution in [0.2, 0.25) is 0 Å². The molecular weight excluding hydrogens is 204 g/mol. The monoisotopic (exact) mass is 228 g/mol. The molecule has 1 aliphatic rings. The minimum Gasteiger partial charge on any atom is -0.395 e. The van der Waals surface area contributed by atoms with Gasteiger partial charge in [-0.05, 0) is 25.2 Å². The Morgan fingerprint density at radius 3 is 2.69 bits per heavy atom. The summed E-state index contributed by atoms with van der Waals surface area (Å²) in [4.78, 5) is 13.5. The molecule has 0 aromatic heterocycles. The smallest absolute Gasteiger partial charge is 0.317 e. The Morgan fingerprint density at radius 1 is 1.38 bits per heavy atom. The zero-order valence-corrected chi connectivity index (χ0v) is 10.4. The van der Waals surface area contributed by atoms with E-state index in [4.69, 9.17) is 5.11 Å². The minimum absolute atomic E-state index is 0.0143. The molecule has 1 saturated carbocycles. The van der Waals surface area contributed by atoms with Gasteiger partial charge in [-0.1, -0.05) is 20.3 Å². The molecule has 0 heterocycles. The summed E-state index contributed by atoms with van der Waals surface area (Å²) in [6.45, 7) is 5.40. The Morgan fingerprint density at radius 2 is 2.12 bits per heavy atom. The van der Waals surface area contributed by atoms with Crippen molar-refractivity contribution in [2.45, 2.75) is 45.6 Å². The van der Waals surface area contributed by atoms with Crippen LogP contribution in [0.25, 0.3) is 0 Å². The third kappa shape index (κ3) is 4.00. The van der Waals surface area contributed by atoms with Crippen molar-refractivity contribution in [2.24, 2.45) is 5.92 Å². The largest absolute Gasteiger partial charge is 0.395 e. The van der Waals surface area contributed by atoms with Gasteiger partial charge < -0.3 is 15.3 Å². The summed E-state index contributed by atoms with van der Waals surface area (Å²) in [5.74, 6) is 0.687. The van der Waals surface area contributed by atoms with Gasteiger partial charge in [0.2, 0.25) is 0 Å². The molecule has 0 aromatic carbocycles. The number of hydrogen-bond acceptors (Lipinski definition) is 2. The highest BCUT2D eigenvalue weighted by atomic mass is 16.3. The number of amides is 2. The van der Waals surface area contributed by atoms with Gasteiger partial charge in [0.05, 0.1) is 6.61 Å². The van der Waals surface area contributed by atoms with Gasteiger partial charge in [0.25, 0.3) is 0 Å². The van der Waals surface area contributed by atoms with E-state index in [0.29, 0.717) is 18.5 Å². The van der Waals surface area contributed by atoms with Crippen molar-refractivity contribution in [3.05, 3.63) is 0 Å². The molecule has 4 heteroatoms. The van der Waals surface area contributed by atoms with E-state index in [0.717, 1.165) is 19.4 Å². The van der Waals surface area contributed by atoms with Gasteiger partial charge in [0.15, 0.2) is 0 Å². The number of carbonyl (C=O) groups is 1. The molecule has 0 radical (unpaired) electrons. The fourth-order valence-electron chi connectivity index (χ4n) is 2.07. The van der Waals surface area contributed by atoms with Gasteiger partial charge in [0.1, 0.15) is 0 Å². The lowest BCUT2D eigenvalue weighted by atomic mass is 10.2. The normalized spacial score (nSPS) is 22.9. The molecule has 0 saturated heterocycles. The Balaban J connectivity index is 2.27. The summed E-state index contributed by atoms with van der Waals surface area (Å²) in [5.41, 5.74) is 0. The molecule has 0 bridgehead atoms. The van der Waals surface area contributed by atoms with E-state index in [1.807, 2.05) is 6.92 Å². The van der Waals surface area contributed by atoms with E-state index < -0.39 is 0 Å². The maximum atomic E-state index is 11.8. The standard InChI is InChI=1S/C12H24N2O2/c1-3-5-10-9-11(10)13-12(16)14(6-4-2)7-8-15/h10-11,15H,3-9H2,1-2H3,(H,13,16). The highest BCUT2D eigenvalue weighted by Gasteiger charge is 2.37. The van der Waals surface area contributed by atoms with Crippen LogP contribution in [0.4, 0.5) is 4.79 Å². The van der Waals surface area contributed by atoms with Gasteiger partial charge >= 0.3 is 6.03 Å². The van der Waals surface area contributed by atoms with Crippen LogP contribution in [0, 0.1) is 5.92 Å². The average Bonchev–Trinajstić information content (AvgIpc) is 2.96. The topological polar surface area (TPSA) is 52.6 Å². The number of hydrogen-bond donors (Lipinski definition) is 2. The van der Waals surface area contributed by atoms with Crippen LogP contribution in [0.5, 0.6) is 0 Å². The molecule has 2 N–H and O–H groups in total. The van der Waals surface area contributed by atoms with Crippen LogP contribution in [0.15, 0.2) is 0 Å². The molecule has 0 aromatic rings. The Bertz CT molecular complexity index is 215. The van der Waals surface area contributed by atoms with E-state index in [1.54, 1.807) is 4.90 Å². The Kier molecular flexibility index (Phi) is 5.60. The second-order valence-electron chi connectivity index (χ2n) is 4.55. The lowest BCUT2D eigenvalue weighted by Crippen LogP contribution is -2.43. The summed E-state index contributed by atoms with van der Waals surface area (Å²) < 4.78 is 0. The second kappa shape index (κ2) is 6.74. The third-order valence-corrected chi connectivity index (χ3v) is 3.04.